The summed E-state index contributed by atoms with van der Waals surface area (Å²) in [6.45, 7) is 4.17. The molecule has 8 heteroatoms. The van der Waals surface area contributed by atoms with Gasteiger partial charge in [0, 0.05) is 45.5 Å². The summed E-state index contributed by atoms with van der Waals surface area (Å²) < 4.78 is 10.9. The third-order valence-corrected chi connectivity index (χ3v) is 6.56. The Morgan fingerprint density at radius 2 is 1.50 bits per heavy atom. The van der Waals surface area contributed by atoms with Crippen LogP contribution in [-0.2, 0) is 20.9 Å². The summed E-state index contributed by atoms with van der Waals surface area (Å²) in [7, 11) is 5.62. The molecule has 2 atom stereocenters. The van der Waals surface area contributed by atoms with Crippen molar-refractivity contribution >= 4 is 23.5 Å². The minimum absolute atomic E-state index is 0.0329. The van der Waals surface area contributed by atoms with Crippen LogP contribution in [0.25, 0.3) is 0 Å². The van der Waals surface area contributed by atoms with Crippen molar-refractivity contribution in [2.45, 2.75) is 51.7 Å². The number of piperidine rings is 1. The smallest absolute Gasteiger partial charge is 0.338 e. The molecule has 0 saturated carbocycles. The van der Waals surface area contributed by atoms with E-state index >= 15 is 0 Å². The second-order valence-electron chi connectivity index (χ2n) is 9.63. The number of hydrogen-bond donors (Lipinski definition) is 0. The van der Waals surface area contributed by atoms with Crippen molar-refractivity contribution in [2.24, 2.45) is 0 Å². The molecule has 0 bridgehead atoms. The molecule has 36 heavy (non-hydrogen) atoms. The van der Waals surface area contributed by atoms with Crippen LogP contribution in [0, 0.1) is 0 Å². The van der Waals surface area contributed by atoms with Gasteiger partial charge in [-0.15, -0.1) is 0 Å². The molecule has 1 aliphatic rings. The normalized spacial score (nSPS) is 17.3. The molecule has 1 aliphatic heterocycles. The molecule has 0 aliphatic carbocycles. The second-order valence-corrected chi connectivity index (χ2v) is 9.63. The first kappa shape index (κ1) is 27.0. The molecule has 0 aromatic heterocycles. The Balaban J connectivity index is 1.44. The summed E-state index contributed by atoms with van der Waals surface area (Å²) in [5, 5.41) is 0. The number of nitrogens with zero attached hydrogens (tertiary/aromatic N) is 3. The van der Waals surface area contributed by atoms with Crippen LogP contribution in [0.1, 0.15) is 49.0 Å². The van der Waals surface area contributed by atoms with Crippen LogP contribution in [-0.4, -0.2) is 74.0 Å². The van der Waals surface area contributed by atoms with Gasteiger partial charge in [0.15, 0.2) is 13.2 Å². The summed E-state index contributed by atoms with van der Waals surface area (Å²) in [6, 6.07) is 14.7. The molecule has 194 valence electrons. The number of benzene rings is 2. The molecule has 2 amide bonds. The SMILES string of the molecule is C[C@@H]1CCC[C@@H](C)N1C(=O)COc1ccc(C(=O)OCC(=O)N(C)Cc2ccc(N(C)C)cc2)cc1. The molecule has 3 rings (SSSR count). The molecular formula is C28H37N3O5. The first-order valence-electron chi connectivity index (χ1n) is 12.4. The van der Waals surface area contributed by atoms with E-state index < -0.39 is 5.97 Å². The van der Waals surface area contributed by atoms with E-state index in [-0.39, 0.29) is 37.1 Å². The maximum Gasteiger partial charge on any atom is 0.338 e. The monoisotopic (exact) mass is 495 g/mol. The van der Waals surface area contributed by atoms with Gasteiger partial charge in [0.2, 0.25) is 0 Å². The highest BCUT2D eigenvalue weighted by molar-refractivity contribution is 5.91. The predicted molar refractivity (Wildman–Crippen MR) is 139 cm³/mol. The average molecular weight is 496 g/mol. The highest BCUT2D eigenvalue weighted by atomic mass is 16.5. The number of amides is 2. The minimum Gasteiger partial charge on any atom is -0.484 e. The van der Waals surface area contributed by atoms with E-state index in [9.17, 15) is 14.4 Å². The first-order chi connectivity index (χ1) is 17.2. The third-order valence-electron chi connectivity index (χ3n) is 6.56. The lowest BCUT2D eigenvalue weighted by Gasteiger charge is -2.38. The highest BCUT2D eigenvalue weighted by Gasteiger charge is 2.29. The van der Waals surface area contributed by atoms with E-state index in [1.54, 1.807) is 31.3 Å². The van der Waals surface area contributed by atoms with Crippen molar-refractivity contribution in [2.75, 3.05) is 39.3 Å². The van der Waals surface area contributed by atoms with Gasteiger partial charge in [0.1, 0.15) is 5.75 Å². The largest absolute Gasteiger partial charge is 0.484 e. The standard InChI is InChI=1S/C28H37N3O5/c1-20-7-6-8-21(2)31(20)27(33)19-35-25-15-11-23(12-16-25)28(34)36-18-26(32)30(5)17-22-9-13-24(14-10-22)29(3)4/h9-16,20-21H,6-8,17-19H2,1-5H3/t20-,21-/m1/s1. The van der Waals surface area contributed by atoms with Gasteiger partial charge in [-0.2, -0.15) is 0 Å². The highest BCUT2D eigenvalue weighted by Crippen LogP contribution is 2.23. The van der Waals surface area contributed by atoms with E-state index in [2.05, 4.69) is 13.8 Å². The lowest BCUT2D eigenvalue weighted by atomic mass is 9.97. The van der Waals surface area contributed by atoms with Gasteiger partial charge in [-0.1, -0.05) is 12.1 Å². The molecule has 8 nitrogen and oxygen atoms in total. The zero-order chi connectivity index (χ0) is 26.2. The second kappa shape index (κ2) is 12.4. The summed E-state index contributed by atoms with van der Waals surface area (Å²) in [5.74, 6) is -0.423. The first-order valence-corrected chi connectivity index (χ1v) is 12.4. The minimum atomic E-state index is -0.592. The summed E-state index contributed by atoms with van der Waals surface area (Å²) >= 11 is 0. The number of ether oxygens (including phenoxy) is 2. The zero-order valence-electron chi connectivity index (χ0n) is 21.9. The Morgan fingerprint density at radius 3 is 2.08 bits per heavy atom. The summed E-state index contributed by atoms with van der Waals surface area (Å²) in [6.07, 6.45) is 3.15. The van der Waals surface area contributed by atoms with E-state index in [0.29, 0.717) is 17.9 Å². The van der Waals surface area contributed by atoms with Gasteiger partial charge in [-0.3, -0.25) is 9.59 Å². The van der Waals surface area contributed by atoms with Gasteiger partial charge in [0.25, 0.3) is 11.8 Å². The van der Waals surface area contributed by atoms with Crippen LogP contribution >= 0.6 is 0 Å². The van der Waals surface area contributed by atoms with Crippen molar-refractivity contribution in [1.29, 1.82) is 0 Å². The molecule has 0 unspecified atom stereocenters. The number of hydrogen-bond acceptors (Lipinski definition) is 6. The molecule has 0 radical (unpaired) electrons. The Labute approximate surface area is 213 Å². The molecule has 2 aromatic rings. The lowest BCUT2D eigenvalue weighted by molar-refractivity contribution is -0.139. The van der Waals surface area contributed by atoms with Crippen LogP contribution in [0.4, 0.5) is 5.69 Å². The van der Waals surface area contributed by atoms with Crippen molar-refractivity contribution < 1.29 is 23.9 Å². The lowest BCUT2D eigenvalue weighted by Crippen LogP contribution is -2.49. The van der Waals surface area contributed by atoms with Crippen molar-refractivity contribution in [1.82, 2.24) is 9.80 Å². The van der Waals surface area contributed by atoms with Crippen LogP contribution in [0.15, 0.2) is 48.5 Å². The molecule has 2 aromatic carbocycles. The molecule has 1 saturated heterocycles. The predicted octanol–water partition coefficient (Wildman–Crippen LogP) is 3.74. The Hall–Kier alpha value is -3.55. The third kappa shape index (κ3) is 7.23. The van der Waals surface area contributed by atoms with E-state index in [4.69, 9.17) is 9.47 Å². The van der Waals surface area contributed by atoms with E-state index in [0.717, 1.165) is 30.5 Å². The molecular weight excluding hydrogens is 458 g/mol. The number of likely N-dealkylation sites (N-methyl/N-ethyl adjacent to an activating group) is 1. The van der Waals surface area contributed by atoms with Gasteiger partial charge in [0.05, 0.1) is 5.56 Å². The fraction of sp³-hybridized carbons (Fsp3) is 0.464. The molecule has 0 N–H and O–H groups in total. The fourth-order valence-corrected chi connectivity index (χ4v) is 4.40. The zero-order valence-corrected chi connectivity index (χ0v) is 21.9. The van der Waals surface area contributed by atoms with Crippen molar-refractivity contribution in [3.05, 3.63) is 59.7 Å². The van der Waals surface area contributed by atoms with Crippen LogP contribution in [0.3, 0.4) is 0 Å². The maximum absolute atomic E-state index is 12.6. The number of carbonyl (C=O) groups is 3. The number of esters is 1. The Kier molecular flexibility index (Phi) is 9.33. The topological polar surface area (TPSA) is 79.4 Å². The number of likely N-dealkylation sites (tertiary alicyclic amines) is 1. The van der Waals surface area contributed by atoms with E-state index in [1.807, 2.05) is 48.2 Å². The van der Waals surface area contributed by atoms with Crippen LogP contribution < -0.4 is 9.64 Å². The summed E-state index contributed by atoms with van der Waals surface area (Å²) in [4.78, 5) is 42.9. The average Bonchev–Trinajstić information content (AvgIpc) is 2.86. The Morgan fingerprint density at radius 1 is 0.889 bits per heavy atom. The van der Waals surface area contributed by atoms with Crippen LogP contribution in [0.5, 0.6) is 5.75 Å². The maximum atomic E-state index is 12.6. The fourth-order valence-electron chi connectivity index (χ4n) is 4.40. The Bertz CT molecular complexity index is 1030. The molecule has 0 spiro atoms. The van der Waals surface area contributed by atoms with Gasteiger partial charge in [-0.05, 0) is 75.1 Å². The van der Waals surface area contributed by atoms with Crippen molar-refractivity contribution in [3.63, 3.8) is 0 Å². The van der Waals surface area contributed by atoms with Crippen LogP contribution in [0.2, 0.25) is 0 Å². The van der Waals surface area contributed by atoms with Gasteiger partial charge >= 0.3 is 5.97 Å². The summed E-state index contributed by atoms with van der Waals surface area (Å²) in [5.41, 5.74) is 2.37. The quantitative estimate of drug-likeness (QED) is 0.493. The number of carbonyl (C=O) groups excluding carboxylic acids is 3. The molecule has 1 heterocycles. The number of rotatable bonds is 9. The van der Waals surface area contributed by atoms with Gasteiger partial charge in [-0.25, -0.2) is 4.79 Å². The molecule has 1 fully saturated rings. The van der Waals surface area contributed by atoms with E-state index in [1.165, 1.54) is 4.90 Å². The number of anilines is 1. The van der Waals surface area contributed by atoms with Crippen molar-refractivity contribution in [3.8, 4) is 5.75 Å². The van der Waals surface area contributed by atoms with Gasteiger partial charge < -0.3 is 24.2 Å².